The number of aliphatic hydroxyl groups is 1. The number of rotatable bonds is 4. The van der Waals surface area contributed by atoms with Crippen molar-refractivity contribution in [2.75, 3.05) is 26.2 Å². The Labute approximate surface area is 188 Å². The van der Waals surface area contributed by atoms with Crippen LogP contribution >= 0.6 is 0 Å². The molecule has 0 spiro atoms. The van der Waals surface area contributed by atoms with E-state index in [0.29, 0.717) is 24.0 Å². The van der Waals surface area contributed by atoms with Crippen molar-refractivity contribution >= 4 is 5.91 Å². The van der Waals surface area contributed by atoms with Crippen molar-refractivity contribution in [3.63, 3.8) is 0 Å². The van der Waals surface area contributed by atoms with E-state index in [1.54, 1.807) is 0 Å². The molecular weight excluding hydrogens is 402 g/mol. The van der Waals surface area contributed by atoms with Crippen molar-refractivity contribution in [2.45, 2.75) is 37.3 Å². The average molecular weight is 432 g/mol. The van der Waals surface area contributed by atoms with Crippen molar-refractivity contribution in [1.82, 2.24) is 25.0 Å². The van der Waals surface area contributed by atoms with Gasteiger partial charge in [0.25, 0.3) is 5.91 Å². The van der Waals surface area contributed by atoms with Gasteiger partial charge in [-0.3, -0.25) is 14.8 Å². The molecule has 7 nitrogen and oxygen atoms in total. The number of nitrogens with zero attached hydrogens (tertiary/aromatic N) is 4. The zero-order valence-electron chi connectivity index (χ0n) is 18.2. The lowest BCUT2D eigenvalue weighted by molar-refractivity contribution is -0.0553. The first-order chi connectivity index (χ1) is 15.6. The van der Waals surface area contributed by atoms with E-state index in [2.05, 4.69) is 20.1 Å². The van der Waals surface area contributed by atoms with Gasteiger partial charge in [0.1, 0.15) is 11.9 Å². The molecule has 2 saturated heterocycles. The first-order valence-electron chi connectivity index (χ1n) is 11.4. The van der Waals surface area contributed by atoms with Crippen molar-refractivity contribution in [1.29, 1.82) is 0 Å². The Hall–Kier alpha value is -3.03. The molecule has 1 atom stereocenters. The predicted molar refractivity (Wildman–Crippen MR) is 122 cm³/mol. The zero-order valence-corrected chi connectivity index (χ0v) is 18.2. The number of carbonyl (C=O) groups excluding carboxylic acids is 1. The second-order valence-electron chi connectivity index (χ2n) is 8.91. The molecule has 0 saturated carbocycles. The summed E-state index contributed by atoms with van der Waals surface area (Å²) in [6, 6.07) is 18.0. The summed E-state index contributed by atoms with van der Waals surface area (Å²) < 4.78 is 0. The number of H-pyrrole nitrogens is 1. The fourth-order valence-electron chi connectivity index (χ4n) is 5.10. The van der Waals surface area contributed by atoms with E-state index in [4.69, 9.17) is 0 Å². The van der Waals surface area contributed by atoms with Gasteiger partial charge in [0.15, 0.2) is 5.82 Å². The number of nitrogens with one attached hydrogen (secondary N) is 1. The molecule has 3 heterocycles. The monoisotopic (exact) mass is 431 g/mol. The van der Waals surface area contributed by atoms with Crippen LogP contribution in [-0.4, -0.2) is 68.2 Å². The second kappa shape index (κ2) is 8.84. The minimum Gasteiger partial charge on any atom is -0.384 e. The summed E-state index contributed by atoms with van der Waals surface area (Å²) in [7, 11) is 0. The molecule has 1 amide bonds. The fraction of sp³-hybridized carbons (Fsp3) is 0.400. The Morgan fingerprint density at radius 3 is 2.47 bits per heavy atom. The van der Waals surface area contributed by atoms with Gasteiger partial charge in [-0.2, -0.15) is 5.10 Å². The second-order valence-corrected chi connectivity index (χ2v) is 8.91. The zero-order chi connectivity index (χ0) is 22.0. The third-order valence-electron chi connectivity index (χ3n) is 6.90. The van der Waals surface area contributed by atoms with Gasteiger partial charge in [-0.25, -0.2) is 4.98 Å². The first-order valence-corrected chi connectivity index (χ1v) is 11.4. The van der Waals surface area contributed by atoms with Crippen LogP contribution in [0.5, 0.6) is 0 Å². The summed E-state index contributed by atoms with van der Waals surface area (Å²) in [4.78, 5) is 21.5. The minimum absolute atomic E-state index is 0.0759. The Balaban J connectivity index is 1.19. The average Bonchev–Trinajstić information content (AvgIpc) is 3.40. The van der Waals surface area contributed by atoms with Crippen LogP contribution in [0.1, 0.15) is 41.6 Å². The lowest BCUT2D eigenvalue weighted by Gasteiger charge is -2.45. The summed E-state index contributed by atoms with van der Waals surface area (Å²) in [5.74, 6) is 0.772. The van der Waals surface area contributed by atoms with E-state index in [1.165, 1.54) is 6.33 Å². The van der Waals surface area contributed by atoms with Crippen molar-refractivity contribution in [2.24, 2.45) is 0 Å². The van der Waals surface area contributed by atoms with Crippen LogP contribution < -0.4 is 0 Å². The van der Waals surface area contributed by atoms with Crippen LogP contribution in [0.25, 0.3) is 11.4 Å². The maximum atomic E-state index is 13.0. The van der Waals surface area contributed by atoms with Crippen LogP contribution in [0.15, 0.2) is 60.9 Å². The number of likely N-dealkylation sites (tertiary alicyclic amines) is 2. The molecule has 0 radical (unpaired) electrons. The number of aromatic amines is 1. The van der Waals surface area contributed by atoms with Crippen molar-refractivity contribution in [3.8, 4) is 11.4 Å². The summed E-state index contributed by atoms with van der Waals surface area (Å²) >= 11 is 0. The molecule has 0 bridgehead atoms. The van der Waals surface area contributed by atoms with Gasteiger partial charge in [0.2, 0.25) is 0 Å². The maximum absolute atomic E-state index is 13.0. The number of aromatic nitrogens is 3. The quantitative estimate of drug-likeness (QED) is 0.663. The largest absolute Gasteiger partial charge is 0.384 e. The highest BCUT2D eigenvalue weighted by molar-refractivity contribution is 5.94. The Kier molecular flexibility index (Phi) is 5.76. The maximum Gasteiger partial charge on any atom is 0.253 e. The molecular formula is C25H29N5O2. The highest BCUT2D eigenvalue weighted by Crippen LogP contribution is 2.34. The van der Waals surface area contributed by atoms with Gasteiger partial charge < -0.3 is 10.0 Å². The minimum atomic E-state index is -0.780. The Morgan fingerprint density at radius 2 is 1.78 bits per heavy atom. The standard InChI is InChI=1S/C25H29N5O2/c31-24(20-9-7-19(8-10-20)23-26-18-27-28-23)29-15-11-22(12-16-29)30-14-4-13-25(32,17-30)21-5-2-1-3-6-21/h1-3,5-10,18,22,32H,4,11-17H2,(H,26,27,28). The van der Waals surface area contributed by atoms with Gasteiger partial charge in [-0.15, -0.1) is 0 Å². The molecule has 1 aromatic heterocycles. The van der Waals surface area contributed by atoms with E-state index >= 15 is 0 Å². The Morgan fingerprint density at radius 1 is 1.03 bits per heavy atom. The number of benzene rings is 2. The van der Waals surface area contributed by atoms with Gasteiger partial charge in [-0.1, -0.05) is 42.5 Å². The lowest BCUT2D eigenvalue weighted by atomic mass is 9.84. The van der Waals surface area contributed by atoms with Crippen molar-refractivity contribution in [3.05, 3.63) is 72.1 Å². The normalized spacial score (nSPS) is 22.7. The van der Waals surface area contributed by atoms with Crippen LogP contribution in [0.4, 0.5) is 0 Å². The number of carbonyl (C=O) groups is 1. The van der Waals surface area contributed by atoms with Crippen LogP contribution in [0.3, 0.4) is 0 Å². The number of hydrogen-bond donors (Lipinski definition) is 2. The highest BCUT2D eigenvalue weighted by Gasteiger charge is 2.38. The SMILES string of the molecule is O=C(c1ccc(-c2ncn[nH]2)cc1)N1CCC(N2CCCC(O)(c3ccccc3)C2)CC1. The first kappa shape index (κ1) is 20.8. The number of β-amino-alcohol motifs (C(OH)–C–C–N with tert-alkyl or cyclic N) is 1. The summed E-state index contributed by atoms with van der Waals surface area (Å²) in [6.07, 6.45) is 5.14. The van der Waals surface area contributed by atoms with E-state index in [1.807, 2.05) is 59.5 Å². The molecule has 7 heteroatoms. The van der Waals surface area contributed by atoms with Crippen LogP contribution in [-0.2, 0) is 5.60 Å². The topological polar surface area (TPSA) is 85.4 Å². The summed E-state index contributed by atoms with van der Waals surface area (Å²) in [5, 5.41) is 18.0. The number of piperidine rings is 2. The van der Waals surface area contributed by atoms with Gasteiger partial charge >= 0.3 is 0 Å². The van der Waals surface area contributed by atoms with Crippen molar-refractivity contribution < 1.29 is 9.90 Å². The molecule has 5 rings (SSSR count). The van der Waals surface area contributed by atoms with Gasteiger partial charge in [0, 0.05) is 36.8 Å². The molecule has 3 aromatic rings. The van der Waals surface area contributed by atoms with E-state index in [-0.39, 0.29) is 5.91 Å². The third-order valence-corrected chi connectivity index (χ3v) is 6.90. The molecule has 32 heavy (non-hydrogen) atoms. The van der Waals surface area contributed by atoms with Gasteiger partial charge in [-0.05, 0) is 49.9 Å². The van der Waals surface area contributed by atoms with Crippen LogP contribution in [0, 0.1) is 0 Å². The molecule has 2 N–H and O–H groups in total. The summed E-state index contributed by atoms with van der Waals surface area (Å²) in [6.45, 7) is 3.16. The van der Waals surface area contributed by atoms with E-state index < -0.39 is 5.60 Å². The smallest absolute Gasteiger partial charge is 0.253 e. The molecule has 2 aliphatic heterocycles. The fourth-order valence-corrected chi connectivity index (χ4v) is 5.10. The van der Waals surface area contributed by atoms with Gasteiger partial charge in [0.05, 0.1) is 0 Å². The number of amides is 1. The van der Waals surface area contributed by atoms with E-state index in [0.717, 1.165) is 56.4 Å². The molecule has 2 fully saturated rings. The highest BCUT2D eigenvalue weighted by atomic mass is 16.3. The molecule has 2 aromatic carbocycles. The molecule has 2 aliphatic rings. The lowest BCUT2D eigenvalue weighted by Crippen LogP contribution is -2.53. The van der Waals surface area contributed by atoms with E-state index in [9.17, 15) is 9.90 Å². The molecule has 0 aliphatic carbocycles. The third kappa shape index (κ3) is 4.18. The molecule has 1 unspecified atom stereocenters. The summed E-state index contributed by atoms with van der Waals surface area (Å²) in [5.41, 5.74) is 1.83. The molecule has 166 valence electrons. The van der Waals surface area contributed by atoms with Crippen LogP contribution in [0.2, 0.25) is 0 Å². The predicted octanol–water partition coefficient (Wildman–Crippen LogP) is 3.06. The Bertz CT molecular complexity index is 1030. The number of hydrogen-bond acceptors (Lipinski definition) is 5.